The summed E-state index contributed by atoms with van der Waals surface area (Å²) < 4.78 is 0. The Morgan fingerprint density at radius 1 is 1.27 bits per heavy atom. The zero-order valence-corrected chi connectivity index (χ0v) is 11.0. The predicted molar refractivity (Wildman–Crippen MR) is 68.2 cm³/mol. The molecule has 88 valence electrons. The molecule has 0 amide bonds. The molecule has 0 atom stereocenters. The van der Waals surface area contributed by atoms with E-state index in [-0.39, 0.29) is 0 Å². The molecule has 0 aliphatic heterocycles. The predicted octanol–water partition coefficient (Wildman–Crippen LogP) is 3.93. The summed E-state index contributed by atoms with van der Waals surface area (Å²) >= 11 is 5.74. The van der Waals surface area contributed by atoms with Crippen molar-refractivity contribution in [2.24, 2.45) is 11.3 Å². The van der Waals surface area contributed by atoms with Gasteiger partial charge in [-0.05, 0) is 37.0 Å². The van der Waals surface area contributed by atoms with Gasteiger partial charge in [-0.3, -0.25) is 0 Å². The van der Waals surface area contributed by atoms with Crippen LogP contribution in [0, 0.1) is 11.3 Å². The van der Waals surface area contributed by atoms with E-state index < -0.39 is 0 Å². The second-order valence-electron chi connectivity index (χ2n) is 5.81. The largest absolute Gasteiger partial charge is 0.309 e. The van der Waals surface area contributed by atoms with Crippen LogP contribution in [-0.2, 0) is 0 Å². The minimum absolute atomic E-state index is 0.473. The van der Waals surface area contributed by atoms with Gasteiger partial charge in [0, 0.05) is 17.6 Å². The highest BCUT2D eigenvalue weighted by molar-refractivity contribution is 6.29. The number of hydrogen-bond donors (Lipinski definition) is 1. The van der Waals surface area contributed by atoms with Gasteiger partial charge in [0.25, 0.3) is 0 Å². The molecule has 1 saturated carbocycles. The number of rotatable bonds is 3. The van der Waals surface area contributed by atoms with Crippen LogP contribution >= 0.6 is 11.6 Å². The maximum atomic E-state index is 5.74. The third kappa shape index (κ3) is 4.56. The molecular formula is C13H24ClN. The molecule has 1 fully saturated rings. The first-order valence-electron chi connectivity index (χ1n) is 5.96. The fourth-order valence-electron chi connectivity index (χ4n) is 2.42. The van der Waals surface area contributed by atoms with E-state index in [0.717, 1.165) is 12.5 Å². The minimum atomic E-state index is 0.473. The van der Waals surface area contributed by atoms with E-state index in [0.29, 0.717) is 16.5 Å². The lowest BCUT2D eigenvalue weighted by Crippen LogP contribution is -2.36. The molecule has 1 N–H and O–H groups in total. The van der Waals surface area contributed by atoms with Gasteiger partial charge < -0.3 is 5.32 Å². The van der Waals surface area contributed by atoms with E-state index in [4.69, 9.17) is 11.6 Å². The van der Waals surface area contributed by atoms with Crippen molar-refractivity contribution in [3.8, 4) is 0 Å². The number of nitrogens with one attached hydrogen (secondary N) is 1. The van der Waals surface area contributed by atoms with Gasteiger partial charge >= 0.3 is 0 Å². The first-order chi connectivity index (χ1) is 6.89. The topological polar surface area (TPSA) is 12.0 Å². The van der Waals surface area contributed by atoms with E-state index in [1.54, 1.807) is 0 Å². The molecular weight excluding hydrogens is 206 g/mol. The Morgan fingerprint density at radius 3 is 2.20 bits per heavy atom. The molecule has 0 aromatic rings. The molecule has 0 aromatic heterocycles. The van der Waals surface area contributed by atoms with E-state index in [2.05, 4.69) is 32.7 Å². The monoisotopic (exact) mass is 229 g/mol. The zero-order valence-electron chi connectivity index (χ0n) is 10.3. The summed E-state index contributed by atoms with van der Waals surface area (Å²) in [4.78, 5) is 0. The molecule has 0 unspecified atom stereocenters. The Hall–Kier alpha value is -0.0100. The van der Waals surface area contributed by atoms with Crippen molar-refractivity contribution in [1.82, 2.24) is 5.32 Å². The minimum Gasteiger partial charge on any atom is -0.309 e. The quantitative estimate of drug-likeness (QED) is 0.773. The van der Waals surface area contributed by atoms with Crippen LogP contribution in [0.5, 0.6) is 0 Å². The van der Waals surface area contributed by atoms with Crippen molar-refractivity contribution in [2.45, 2.75) is 52.5 Å². The number of hydrogen-bond acceptors (Lipinski definition) is 1. The molecule has 1 aliphatic rings. The lowest BCUT2D eigenvalue weighted by atomic mass is 9.71. The van der Waals surface area contributed by atoms with Crippen molar-refractivity contribution in [3.63, 3.8) is 0 Å². The SMILES string of the molecule is C=C(Cl)CNC1CCC(C(C)(C)C)CC1. The average molecular weight is 230 g/mol. The van der Waals surface area contributed by atoms with Crippen LogP contribution in [0.25, 0.3) is 0 Å². The van der Waals surface area contributed by atoms with Gasteiger partial charge in [-0.25, -0.2) is 0 Å². The van der Waals surface area contributed by atoms with Crippen LogP contribution in [0.3, 0.4) is 0 Å². The van der Waals surface area contributed by atoms with Crippen LogP contribution in [0.15, 0.2) is 11.6 Å². The van der Waals surface area contributed by atoms with Crippen LogP contribution in [-0.4, -0.2) is 12.6 Å². The fourth-order valence-corrected chi connectivity index (χ4v) is 2.50. The summed E-state index contributed by atoms with van der Waals surface area (Å²) in [5, 5.41) is 4.18. The Balaban J connectivity index is 2.27. The van der Waals surface area contributed by atoms with Crippen LogP contribution in [0.2, 0.25) is 0 Å². The van der Waals surface area contributed by atoms with Crippen LogP contribution < -0.4 is 5.32 Å². The smallest absolute Gasteiger partial charge is 0.0310 e. The van der Waals surface area contributed by atoms with Gasteiger partial charge in [-0.1, -0.05) is 39.0 Å². The van der Waals surface area contributed by atoms with Crippen LogP contribution in [0.1, 0.15) is 46.5 Å². The molecule has 0 saturated heterocycles. The first-order valence-corrected chi connectivity index (χ1v) is 6.34. The van der Waals surface area contributed by atoms with Crippen LogP contribution in [0.4, 0.5) is 0 Å². The highest BCUT2D eigenvalue weighted by Gasteiger charge is 2.29. The van der Waals surface area contributed by atoms with Gasteiger partial charge in [0.05, 0.1) is 0 Å². The third-order valence-corrected chi connectivity index (χ3v) is 3.67. The standard InChI is InChI=1S/C13H24ClN/c1-10(14)9-15-12-7-5-11(6-8-12)13(2,3)4/h11-12,15H,1,5-9H2,2-4H3. The molecule has 0 spiro atoms. The molecule has 1 rings (SSSR count). The Morgan fingerprint density at radius 2 is 1.80 bits per heavy atom. The van der Waals surface area contributed by atoms with Gasteiger partial charge in [0.2, 0.25) is 0 Å². The lowest BCUT2D eigenvalue weighted by molar-refractivity contribution is 0.161. The van der Waals surface area contributed by atoms with Crippen molar-refractivity contribution >= 4 is 11.6 Å². The van der Waals surface area contributed by atoms with E-state index in [1.165, 1.54) is 25.7 Å². The molecule has 1 aliphatic carbocycles. The van der Waals surface area contributed by atoms with Crippen molar-refractivity contribution in [3.05, 3.63) is 11.6 Å². The summed E-state index contributed by atoms with van der Waals surface area (Å²) in [6.07, 6.45) is 5.25. The first kappa shape index (κ1) is 13.1. The summed E-state index contributed by atoms with van der Waals surface area (Å²) in [5.41, 5.74) is 0.473. The van der Waals surface area contributed by atoms with E-state index in [1.807, 2.05) is 0 Å². The molecule has 1 nitrogen and oxygen atoms in total. The number of halogens is 1. The van der Waals surface area contributed by atoms with Gasteiger partial charge in [-0.2, -0.15) is 0 Å². The maximum absolute atomic E-state index is 5.74. The highest BCUT2D eigenvalue weighted by atomic mass is 35.5. The summed E-state index contributed by atoms with van der Waals surface area (Å²) in [7, 11) is 0. The molecule has 15 heavy (non-hydrogen) atoms. The summed E-state index contributed by atoms with van der Waals surface area (Å²) in [6.45, 7) is 11.5. The van der Waals surface area contributed by atoms with E-state index in [9.17, 15) is 0 Å². The van der Waals surface area contributed by atoms with Crippen molar-refractivity contribution < 1.29 is 0 Å². The fraction of sp³-hybridized carbons (Fsp3) is 0.846. The molecule has 0 bridgehead atoms. The van der Waals surface area contributed by atoms with Crippen molar-refractivity contribution in [2.75, 3.05) is 6.54 Å². The highest BCUT2D eigenvalue weighted by Crippen LogP contribution is 2.37. The zero-order chi connectivity index (χ0) is 11.5. The average Bonchev–Trinajstić information content (AvgIpc) is 2.14. The molecule has 0 radical (unpaired) electrons. The molecule has 0 heterocycles. The van der Waals surface area contributed by atoms with E-state index >= 15 is 0 Å². The second kappa shape index (κ2) is 5.36. The Labute approximate surface area is 99.3 Å². The van der Waals surface area contributed by atoms with Gasteiger partial charge in [0.15, 0.2) is 0 Å². The normalized spacial score (nSPS) is 27.7. The van der Waals surface area contributed by atoms with Gasteiger partial charge in [0.1, 0.15) is 0 Å². The Kier molecular flexibility index (Phi) is 4.66. The summed E-state index contributed by atoms with van der Waals surface area (Å²) in [6, 6.07) is 0.652. The third-order valence-electron chi connectivity index (χ3n) is 3.53. The molecule has 2 heteroatoms. The van der Waals surface area contributed by atoms with Crippen molar-refractivity contribution in [1.29, 1.82) is 0 Å². The second-order valence-corrected chi connectivity index (χ2v) is 6.35. The lowest BCUT2D eigenvalue weighted by Gasteiger charge is -2.37. The van der Waals surface area contributed by atoms with Gasteiger partial charge in [-0.15, -0.1) is 0 Å². The molecule has 0 aromatic carbocycles. The summed E-state index contributed by atoms with van der Waals surface area (Å²) in [5.74, 6) is 0.884. The maximum Gasteiger partial charge on any atom is 0.0310 e. The Bertz CT molecular complexity index is 209.